The monoisotopic (exact) mass is 546 g/mol. The van der Waals surface area contributed by atoms with Crippen molar-refractivity contribution >= 4 is 17.4 Å². The van der Waals surface area contributed by atoms with Crippen LogP contribution in [0.5, 0.6) is 5.75 Å². The number of methoxy groups -OCH3 is 1. The van der Waals surface area contributed by atoms with Gasteiger partial charge in [0.15, 0.2) is 5.78 Å². The number of carbonyl (C=O) groups is 2. The summed E-state index contributed by atoms with van der Waals surface area (Å²) < 4.78 is 5.28. The fourth-order valence-corrected chi connectivity index (χ4v) is 5.93. The van der Waals surface area contributed by atoms with E-state index in [1.54, 1.807) is 7.11 Å². The minimum absolute atomic E-state index is 0.0993. The van der Waals surface area contributed by atoms with Gasteiger partial charge in [-0.3, -0.25) is 9.59 Å². The fourth-order valence-electron chi connectivity index (χ4n) is 5.93. The molecule has 0 radical (unpaired) electrons. The number of anilines is 1. The summed E-state index contributed by atoms with van der Waals surface area (Å²) in [5.74, 6) is 1.21. The number of nitrogens with zero attached hydrogens (tertiary/aromatic N) is 1. The van der Waals surface area contributed by atoms with Gasteiger partial charge in [-0.1, -0.05) is 78.9 Å². The predicted molar refractivity (Wildman–Crippen MR) is 166 cm³/mol. The highest BCUT2D eigenvalue weighted by Crippen LogP contribution is 2.35. The zero-order valence-corrected chi connectivity index (χ0v) is 23.9. The zero-order chi connectivity index (χ0) is 28.6. The van der Waals surface area contributed by atoms with Crippen molar-refractivity contribution in [2.45, 2.75) is 32.1 Å². The van der Waals surface area contributed by atoms with Gasteiger partial charge in [0.2, 0.25) is 5.91 Å². The summed E-state index contributed by atoms with van der Waals surface area (Å²) in [6, 6.07) is 34.1. The highest BCUT2D eigenvalue weighted by Gasteiger charge is 2.32. The highest BCUT2D eigenvalue weighted by molar-refractivity contribution is 6.03. The first-order chi connectivity index (χ1) is 20.1. The van der Waals surface area contributed by atoms with Crippen LogP contribution < -0.4 is 15.0 Å². The molecule has 0 spiro atoms. The van der Waals surface area contributed by atoms with Crippen molar-refractivity contribution in [1.82, 2.24) is 5.32 Å². The van der Waals surface area contributed by atoms with Gasteiger partial charge in [-0.2, -0.15) is 0 Å². The average Bonchev–Trinajstić information content (AvgIpc) is 3.03. The van der Waals surface area contributed by atoms with Crippen LogP contribution in [0, 0.1) is 5.92 Å². The van der Waals surface area contributed by atoms with Gasteiger partial charge in [0.1, 0.15) is 5.75 Å². The van der Waals surface area contributed by atoms with Crippen molar-refractivity contribution in [3.63, 3.8) is 0 Å². The number of ketones is 1. The highest BCUT2D eigenvalue weighted by atomic mass is 16.5. The Hall–Kier alpha value is -4.38. The normalized spacial score (nSPS) is 14.3. The number of piperidine rings is 1. The lowest BCUT2D eigenvalue weighted by Gasteiger charge is -2.37. The number of hydrogen-bond donors (Lipinski definition) is 1. The lowest BCUT2D eigenvalue weighted by Crippen LogP contribution is -2.40. The van der Waals surface area contributed by atoms with Crippen LogP contribution in [-0.4, -0.2) is 38.4 Å². The van der Waals surface area contributed by atoms with E-state index < -0.39 is 0 Å². The smallest absolute Gasteiger partial charge is 0.227 e. The predicted octanol–water partition coefficient (Wildman–Crippen LogP) is 6.92. The molecule has 1 N–H and O–H groups in total. The van der Waals surface area contributed by atoms with Gasteiger partial charge in [-0.25, -0.2) is 0 Å². The summed E-state index contributed by atoms with van der Waals surface area (Å²) in [5, 5.41) is 3.05. The molecule has 4 aromatic carbocycles. The molecule has 1 aliphatic heterocycles. The third-order valence-corrected chi connectivity index (χ3v) is 8.10. The van der Waals surface area contributed by atoms with E-state index in [0.29, 0.717) is 18.9 Å². The molecule has 5 rings (SSSR count). The molecule has 0 bridgehead atoms. The average molecular weight is 547 g/mol. The molecule has 210 valence electrons. The quantitative estimate of drug-likeness (QED) is 0.219. The molecule has 0 aliphatic carbocycles. The Morgan fingerprint density at radius 1 is 0.854 bits per heavy atom. The minimum atomic E-state index is -0.118. The zero-order valence-electron chi connectivity index (χ0n) is 23.9. The van der Waals surface area contributed by atoms with Gasteiger partial charge in [-0.15, -0.1) is 0 Å². The molecular formula is C36H38N2O3. The van der Waals surface area contributed by atoms with Crippen LogP contribution in [0.15, 0.2) is 103 Å². The molecule has 1 aliphatic rings. The largest absolute Gasteiger partial charge is 0.497 e. The molecule has 1 unspecified atom stereocenters. The van der Waals surface area contributed by atoms with E-state index in [9.17, 15) is 9.59 Å². The summed E-state index contributed by atoms with van der Waals surface area (Å²) in [5.41, 5.74) is 5.91. The first-order valence-electron chi connectivity index (χ1n) is 14.5. The molecule has 5 heteroatoms. The van der Waals surface area contributed by atoms with Crippen LogP contribution in [0.4, 0.5) is 5.69 Å². The van der Waals surface area contributed by atoms with Crippen LogP contribution in [-0.2, 0) is 11.2 Å². The van der Waals surface area contributed by atoms with Crippen molar-refractivity contribution in [3.05, 3.63) is 120 Å². The van der Waals surface area contributed by atoms with Crippen LogP contribution >= 0.6 is 0 Å². The molecule has 4 aromatic rings. The van der Waals surface area contributed by atoms with Crippen molar-refractivity contribution in [2.24, 2.45) is 5.92 Å². The van der Waals surface area contributed by atoms with Crippen LogP contribution in [0.3, 0.4) is 0 Å². The number of benzene rings is 4. The van der Waals surface area contributed by atoms with Crippen molar-refractivity contribution < 1.29 is 14.3 Å². The number of amides is 1. The molecule has 1 fully saturated rings. The Morgan fingerprint density at radius 2 is 1.51 bits per heavy atom. The first kappa shape index (κ1) is 28.2. The molecule has 5 nitrogen and oxygen atoms in total. The SMILES string of the molecule is CCNC(=O)C(c1ccccc1)C1CCN(c2ccc(CC(=O)c3ccccc3-c3ccc(OC)cc3)cc2)CC1. The fraction of sp³-hybridized carbons (Fsp3) is 0.278. The van der Waals surface area contributed by atoms with E-state index in [2.05, 4.69) is 46.6 Å². The van der Waals surface area contributed by atoms with Crippen LogP contribution in [0.2, 0.25) is 0 Å². The second kappa shape index (κ2) is 13.3. The Balaban J connectivity index is 1.23. The summed E-state index contributed by atoms with van der Waals surface area (Å²) in [6.07, 6.45) is 2.26. The number of nitrogens with one attached hydrogen (secondary N) is 1. The molecule has 0 aromatic heterocycles. The summed E-state index contributed by atoms with van der Waals surface area (Å²) in [4.78, 5) is 28.8. The van der Waals surface area contributed by atoms with E-state index in [0.717, 1.165) is 65.2 Å². The Labute approximate surface area is 243 Å². The number of hydrogen-bond acceptors (Lipinski definition) is 4. The Bertz CT molecular complexity index is 1440. The van der Waals surface area contributed by atoms with Crippen molar-refractivity contribution in [3.8, 4) is 16.9 Å². The molecule has 41 heavy (non-hydrogen) atoms. The number of ether oxygens (including phenoxy) is 1. The van der Waals surface area contributed by atoms with E-state index >= 15 is 0 Å². The van der Waals surface area contributed by atoms with E-state index in [1.165, 1.54) is 0 Å². The number of rotatable bonds is 10. The summed E-state index contributed by atoms with van der Waals surface area (Å²) in [6.45, 7) is 4.42. The second-order valence-corrected chi connectivity index (χ2v) is 10.6. The van der Waals surface area contributed by atoms with Crippen molar-refractivity contribution in [2.75, 3.05) is 31.6 Å². The standard InChI is InChI=1S/C36H38N2O3/c1-3-37-36(40)35(28-9-5-4-6-10-28)29-21-23-38(24-22-29)30-17-13-26(14-18-30)25-34(39)33-12-8-7-11-32(33)27-15-19-31(41-2)20-16-27/h4-20,29,35H,3,21-25H2,1-2H3,(H,37,40). The van der Waals surface area contributed by atoms with Gasteiger partial charge in [0.05, 0.1) is 13.0 Å². The van der Waals surface area contributed by atoms with E-state index in [1.807, 2.05) is 73.7 Å². The molecule has 1 heterocycles. The molecule has 1 amide bonds. The number of likely N-dealkylation sites (N-methyl/N-ethyl adjacent to an activating group) is 1. The number of Topliss-reactive ketones (excluding diaryl/α,β-unsaturated/α-hetero) is 1. The topological polar surface area (TPSA) is 58.6 Å². The summed E-state index contributed by atoms with van der Waals surface area (Å²) in [7, 11) is 1.65. The van der Waals surface area contributed by atoms with E-state index in [-0.39, 0.29) is 17.6 Å². The third kappa shape index (κ3) is 6.68. The second-order valence-electron chi connectivity index (χ2n) is 10.6. The third-order valence-electron chi connectivity index (χ3n) is 8.10. The van der Waals surface area contributed by atoms with Crippen LogP contribution in [0.1, 0.15) is 47.2 Å². The van der Waals surface area contributed by atoms with E-state index in [4.69, 9.17) is 4.74 Å². The van der Waals surface area contributed by atoms with Gasteiger partial charge in [-0.05, 0) is 72.2 Å². The maximum atomic E-state index is 13.4. The molecule has 1 atom stereocenters. The molecule has 1 saturated heterocycles. The van der Waals surface area contributed by atoms with Gasteiger partial charge in [0, 0.05) is 37.3 Å². The van der Waals surface area contributed by atoms with Gasteiger partial charge < -0.3 is 15.0 Å². The lowest BCUT2D eigenvalue weighted by molar-refractivity contribution is -0.123. The maximum Gasteiger partial charge on any atom is 0.227 e. The first-order valence-corrected chi connectivity index (χ1v) is 14.5. The maximum absolute atomic E-state index is 13.4. The molecule has 0 saturated carbocycles. The summed E-state index contributed by atoms with van der Waals surface area (Å²) >= 11 is 0. The Morgan fingerprint density at radius 3 is 2.17 bits per heavy atom. The minimum Gasteiger partial charge on any atom is -0.497 e. The van der Waals surface area contributed by atoms with Crippen molar-refractivity contribution in [1.29, 1.82) is 0 Å². The Kier molecular flexibility index (Phi) is 9.15. The number of carbonyl (C=O) groups excluding carboxylic acids is 2. The van der Waals surface area contributed by atoms with Gasteiger partial charge in [0.25, 0.3) is 0 Å². The van der Waals surface area contributed by atoms with Crippen LogP contribution in [0.25, 0.3) is 11.1 Å². The lowest BCUT2D eigenvalue weighted by atomic mass is 9.79. The molecular weight excluding hydrogens is 508 g/mol. The van der Waals surface area contributed by atoms with Gasteiger partial charge >= 0.3 is 0 Å².